The fourth-order valence-electron chi connectivity index (χ4n) is 3.05. The highest BCUT2D eigenvalue weighted by atomic mass is 32.2. The van der Waals surface area contributed by atoms with E-state index < -0.39 is 10.0 Å². The first-order valence-corrected chi connectivity index (χ1v) is 10.3. The molecule has 0 aromatic carbocycles. The van der Waals surface area contributed by atoms with Gasteiger partial charge in [-0.25, -0.2) is 13.1 Å². The summed E-state index contributed by atoms with van der Waals surface area (Å²) in [6.07, 6.45) is 9.02. The first-order valence-electron chi connectivity index (χ1n) is 7.49. The molecule has 7 heteroatoms. The van der Waals surface area contributed by atoms with Crippen molar-refractivity contribution in [3.05, 3.63) is 18.0 Å². The number of hydrogen-bond acceptors (Lipinski definition) is 4. The first-order chi connectivity index (χ1) is 10.0. The minimum atomic E-state index is -3.43. The van der Waals surface area contributed by atoms with Gasteiger partial charge in [-0.15, -0.1) is 0 Å². The summed E-state index contributed by atoms with van der Waals surface area (Å²) in [7, 11) is -3.43. The Bertz CT molecular complexity index is 608. The molecule has 2 fully saturated rings. The Hall–Kier alpha value is -0.500. The maximum Gasteiger partial charge on any atom is 0.242 e. The monoisotopic (exact) mass is 329 g/mol. The van der Waals surface area contributed by atoms with Crippen LogP contribution in [0.1, 0.15) is 43.8 Å². The van der Waals surface area contributed by atoms with Crippen molar-refractivity contribution in [3.8, 4) is 0 Å². The van der Waals surface area contributed by atoms with Crippen LogP contribution in [0.25, 0.3) is 0 Å². The van der Waals surface area contributed by atoms with Gasteiger partial charge in [-0.2, -0.15) is 11.8 Å². The summed E-state index contributed by atoms with van der Waals surface area (Å²) in [5.74, 6) is 0. The fraction of sp³-hybridized carbons (Fsp3) is 0.714. The van der Waals surface area contributed by atoms with E-state index in [0.717, 1.165) is 37.8 Å². The minimum Gasteiger partial charge on any atom is -0.346 e. The predicted octanol–water partition coefficient (Wildman–Crippen LogP) is 1.84. The van der Waals surface area contributed by atoms with E-state index in [2.05, 4.69) is 11.0 Å². The number of rotatable bonds is 6. The summed E-state index contributed by atoms with van der Waals surface area (Å²) < 4.78 is 30.0. The molecular formula is C14H23N3O2S2. The number of hydrogen-bond donors (Lipinski definition) is 2. The van der Waals surface area contributed by atoms with Gasteiger partial charge in [0.15, 0.2) is 0 Å². The third kappa shape index (κ3) is 3.31. The van der Waals surface area contributed by atoms with E-state index in [1.54, 1.807) is 12.3 Å². The molecule has 5 nitrogen and oxygen atoms in total. The molecule has 2 atom stereocenters. The Kier molecular flexibility index (Phi) is 4.36. The van der Waals surface area contributed by atoms with Crippen LogP contribution in [-0.2, 0) is 16.6 Å². The van der Waals surface area contributed by atoms with Gasteiger partial charge in [0.05, 0.1) is 4.90 Å². The third-order valence-corrected chi connectivity index (χ3v) is 6.99. The van der Waals surface area contributed by atoms with Crippen LogP contribution in [-0.4, -0.2) is 30.5 Å². The highest BCUT2D eigenvalue weighted by Crippen LogP contribution is 2.37. The van der Waals surface area contributed by atoms with E-state index in [-0.39, 0.29) is 6.04 Å². The lowest BCUT2D eigenvalue weighted by molar-refractivity contribution is 0.552. The van der Waals surface area contributed by atoms with Gasteiger partial charge in [-0.05, 0) is 44.4 Å². The fourth-order valence-corrected chi connectivity index (χ4v) is 5.18. The molecule has 3 N–H and O–H groups in total. The lowest BCUT2D eigenvalue weighted by atomic mass is 10.3. The highest BCUT2D eigenvalue weighted by Gasteiger charge is 2.31. The van der Waals surface area contributed by atoms with Crippen LogP contribution in [0.4, 0.5) is 0 Å². The maximum atomic E-state index is 12.5. The first kappa shape index (κ1) is 15.4. The van der Waals surface area contributed by atoms with Crippen molar-refractivity contribution in [1.29, 1.82) is 0 Å². The molecule has 2 aliphatic carbocycles. The Morgan fingerprint density at radius 2 is 2.14 bits per heavy atom. The van der Waals surface area contributed by atoms with E-state index in [0.29, 0.717) is 22.7 Å². The molecule has 2 aliphatic rings. The predicted molar refractivity (Wildman–Crippen MR) is 85.9 cm³/mol. The smallest absolute Gasteiger partial charge is 0.242 e. The molecule has 0 saturated heterocycles. The molecular weight excluding hydrogens is 306 g/mol. The maximum absolute atomic E-state index is 12.5. The Morgan fingerprint density at radius 1 is 1.38 bits per heavy atom. The van der Waals surface area contributed by atoms with Gasteiger partial charge >= 0.3 is 0 Å². The zero-order valence-electron chi connectivity index (χ0n) is 12.3. The lowest BCUT2D eigenvalue weighted by Crippen LogP contribution is -2.33. The molecule has 118 valence electrons. The van der Waals surface area contributed by atoms with Gasteiger partial charge < -0.3 is 10.3 Å². The zero-order chi connectivity index (χ0) is 15.0. The summed E-state index contributed by atoms with van der Waals surface area (Å²) >= 11 is 1.82. The molecule has 2 saturated carbocycles. The summed E-state index contributed by atoms with van der Waals surface area (Å²) in [6.45, 7) is 0.379. The molecule has 1 heterocycles. The van der Waals surface area contributed by atoms with Crippen molar-refractivity contribution in [2.45, 2.75) is 60.9 Å². The largest absolute Gasteiger partial charge is 0.346 e. The van der Waals surface area contributed by atoms with Crippen molar-refractivity contribution in [2.24, 2.45) is 5.73 Å². The van der Waals surface area contributed by atoms with Crippen LogP contribution >= 0.6 is 11.8 Å². The highest BCUT2D eigenvalue weighted by molar-refractivity contribution is 7.99. The van der Waals surface area contributed by atoms with Gasteiger partial charge in [0, 0.05) is 35.8 Å². The van der Waals surface area contributed by atoms with Gasteiger partial charge in [0.1, 0.15) is 0 Å². The average Bonchev–Trinajstić information content (AvgIpc) is 3.04. The molecule has 0 amide bonds. The Morgan fingerprint density at radius 3 is 2.71 bits per heavy atom. The number of nitrogens with two attached hydrogens (primary N) is 1. The van der Waals surface area contributed by atoms with Crippen molar-refractivity contribution >= 4 is 21.8 Å². The van der Waals surface area contributed by atoms with Crippen LogP contribution in [0, 0.1) is 0 Å². The average molecular weight is 329 g/mol. The van der Waals surface area contributed by atoms with Crippen molar-refractivity contribution in [3.63, 3.8) is 0 Å². The Balaban J connectivity index is 1.75. The quantitative estimate of drug-likeness (QED) is 0.835. The van der Waals surface area contributed by atoms with Crippen molar-refractivity contribution in [2.75, 3.05) is 6.26 Å². The molecule has 0 spiro atoms. The summed E-state index contributed by atoms with van der Waals surface area (Å²) in [5.41, 5.74) is 6.64. The number of nitrogens with one attached hydrogen (secondary N) is 1. The van der Waals surface area contributed by atoms with Crippen LogP contribution in [0.2, 0.25) is 0 Å². The van der Waals surface area contributed by atoms with Crippen molar-refractivity contribution < 1.29 is 8.42 Å². The van der Waals surface area contributed by atoms with E-state index in [1.165, 1.54) is 0 Å². The molecule has 1 aromatic heterocycles. The molecule has 0 bridgehead atoms. The minimum absolute atomic E-state index is 0.0676. The van der Waals surface area contributed by atoms with Crippen molar-refractivity contribution in [1.82, 2.24) is 9.29 Å². The number of sulfonamides is 1. The molecule has 21 heavy (non-hydrogen) atoms. The van der Waals surface area contributed by atoms with Gasteiger partial charge in [-0.1, -0.05) is 0 Å². The summed E-state index contributed by atoms with van der Waals surface area (Å²) in [5, 5.41) is 0.577. The van der Waals surface area contributed by atoms with Crippen LogP contribution in [0.3, 0.4) is 0 Å². The topological polar surface area (TPSA) is 77.1 Å². The molecule has 3 rings (SSSR count). The second-order valence-electron chi connectivity index (χ2n) is 6.00. The van der Waals surface area contributed by atoms with Crippen LogP contribution < -0.4 is 10.5 Å². The standard InChI is InChI=1S/C14H23N3O2S2/c1-20-13-5-2-10(6-13)16-21(18,19)14-7-12(8-15)17(9-14)11-3-4-11/h7,9-11,13,16H,2-6,8,15H2,1H3. The molecule has 1 aromatic rings. The SMILES string of the molecule is CSC1CCC(NS(=O)(=O)c2cc(CN)n(C3CC3)c2)C1. The van der Waals surface area contributed by atoms with Crippen LogP contribution in [0.5, 0.6) is 0 Å². The van der Waals surface area contributed by atoms with Gasteiger partial charge in [-0.3, -0.25) is 0 Å². The van der Waals surface area contributed by atoms with Gasteiger partial charge in [0.2, 0.25) is 10.0 Å². The van der Waals surface area contributed by atoms with E-state index >= 15 is 0 Å². The lowest BCUT2D eigenvalue weighted by Gasteiger charge is -2.12. The molecule has 2 unspecified atom stereocenters. The number of aromatic nitrogens is 1. The normalized spacial score (nSPS) is 26.4. The van der Waals surface area contributed by atoms with E-state index in [1.807, 2.05) is 16.3 Å². The summed E-state index contributed by atoms with van der Waals surface area (Å²) in [6, 6.07) is 2.24. The summed E-state index contributed by atoms with van der Waals surface area (Å²) in [4.78, 5) is 0.363. The second kappa shape index (κ2) is 5.95. The Labute approximate surface area is 130 Å². The molecule has 0 radical (unpaired) electrons. The number of nitrogens with zero attached hydrogens (tertiary/aromatic N) is 1. The zero-order valence-corrected chi connectivity index (χ0v) is 13.9. The van der Waals surface area contributed by atoms with Gasteiger partial charge in [0.25, 0.3) is 0 Å². The van der Waals surface area contributed by atoms with Crippen LogP contribution in [0.15, 0.2) is 17.2 Å². The van der Waals surface area contributed by atoms with E-state index in [9.17, 15) is 8.42 Å². The third-order valence-electron chi connectivity index (χ3n) is 4.41. The molecule has 0 aliphatic heterocycles. The number of thioether (sulfide) groups is 1. The van der Waals surface area contributed by atoms with E-state index in [4.69, 9.17) is 5.73 Å². The second-order valence-corrected chi connectivity index (χ2v) is 8.85.